The van der Waals surface area contributed by atoms with Crippen LogP contribution in [-0.2, 0) is 11.2 Å². The van der Waals surface area contributed by atoms with E-state index in [9.17, 15) is 4.79 Å². The molecule has 0 radical (unpaired) electrons. The summed E-state index contributed by atoms with van der Waals surface area (Å²) in [6, 6.07) is 10.7. The van der Waals surface area contributed by atoms with Crippen LogP contribution >= 0.6 is 0 Å². The normalized spacial score (nSPS) is 23.0. The maximum absolute atomic E-state index is 12.8. The predicted molar refractivity (Wildman–Crippen MR) is 103 cm³/mol. The van der Waals surface area contributed by atoms with E-state index in [2.05, 4.69) is 45.4 Å². The van der Waals surface area contributed by atoms with E-state index in [-0.39, 0.29) is 5.92 Å². The van der Waals surface area contributed by atoms with Gasteiger partial charge < -0.3 is 15.1 Å². The van der Waals surface area contributed by atoms with Crippen molar-refractivity contribution in [1.82, 2.24) is 15.1 Å². The lowest BCUT2D eigenvalue weighted by atomic mass is 9.99. The van der Waals surface area contributed by atoms with Crippen LogP contribution in [0, 0.1) is 5.92 Å². The third-order valence-corrected chi connectivity index (χ3v) is 5.61. The Kier molecular flexibility index (Phi) is 7.31. The second-order valence-electron chi connectivity index (χ2n) is 7.49. The molecule has 0 aromatic heterocycles. The van der Waals surface area contributed by atoms with Crippen LogP contribution < -0.4 is 5.32 Å². The van der Waals surface area contributed by atoms with E-state index in [4.69, 9.17) is 0 Å². The minimum atomic E-state index is 0.250. The topological polar surface area (TPSA) is 35.6 Å². The average molecular weight is 344 g/mol. The highest BCUT2D eigenvalue weighted by Gasteiger charge is 2.26. The summed E-state index contributed by atoms with van der Waals surface area (Å²) in [5, 5.41) is 3.41. The zero-order valence-electron chi connectivity index (χ0n) is 15.5. The number of amides is 1. The lowest BCUT2D eigenvalue weighted by Gasteiger charge is -2.26. The maximum Gasteiger partial charge on any atom is 0.225 e. The zero-order chi connectivity index (χ0) is 17.3. The van der Waals surface area contributed by atoms with Crippen molar-refractivity contribution in [3.8, 4) is 0 Å². The fraction of sp³-hybridized carbons (Fsp3) is 0.667. The molecule has 138 valence electrons. The van der Waals surface area contributed by atoms with Crippen LogP contribution in [-0.4, -0.2) is 61.5 Å². The van der Waals surface area contributed by atoms with Gasteiger partial charge in [0.05, 0.1) is 0 Å². The van der Waals surface area contributed by atoms with Gasteiger partial charge in [0, 0.05) is 25.6 Å². The molecule has 3 rings (SSSR count). The Hall–Kier alpha value is -1.39. The van der Waals surface area contributed by atoms with E-state index in [1.54, 1.807) is 0 Å². The van der Waals surface area contributed by atoms with Crippen molar-refractivity contribution in [3.63, 3.8) is 0 Å². The standard InChI is InChI=1S/C21H33N3O/c25-21(20-10-4-12-22-13-11-20)24-16-6-15-23(17-18-24)14-5-9-19-7-2-1-3-8-19/h1-3,7-8,20,22H,4-6,9-18H2/t20-/m0/s1. The highest BCUT2D eigenvalue weighted by molar-refractivity contribution is 5.78. The van der Waals surface area contributed by atoms with Gasteiger partial charge in [-0.15, -0.1) is 0 Å². The molecule has 0 spiro atoms. The maximum atomic E-state index is 12.8. The van der Waals surface area contributed by atoms with Gasteiger partial charge in [0.2, 0.25) is 5.91 Å². The van der Waals surface area contributed by atoms with Gasteiger partial charge in [-0.25, -0.2) is 0 Å². The van der Waals surface area contributed by atoms with Gasteiger partial charge in [-0.1, -0.05) is 30.3 Å². The molecule has 25 heavy (non-hydrogen) atoms. The lowest BCUT2D eigenvalue weighted by Crippen LogP contribution is -2.39. The number of nitrogens with zero attached hydrogens (tertiary/aromatic N) is 2. The Bertz CT molecular complexity index is 511. The van der Waals surface area contributed by atoms with Crippen LogP contribution in [0.3, 0.4) is 0 Å². The van der Waals surface area contributed by atoms with Gasteiger partial charge in [-0.3, -0.25) is 4.79 Å². The van der Waals surface area contributed by atoms with E-state index >= 15 is 0 Å². The minimum absolute atomic E-state index is 0.250. The van der Waals surface area contributed by atoms with Gasteiger partial charge >= 0.3 is 0 Å². The third-order valence-electron chi connectivity index (χ3n) is 5.61. The Balaban J connectivity index is 1.41. The molecule has 0 bridgehead atoms. The molecule has 2 saturated heterocycles. The lowest BCUT2D eigenvalue weighted by molar-refractivity contribution is -0.135. The Labute approximate surface area is 152 Å². The van der Waals surface area contributed by atoms with Crippen molar-refractivity contribution < 1.29 is 4.79 Å². The van der Waals surface area contributed by atoms with Gasteiger partial charge in [0.15, 0.2) is 0 Å². The quantitative estimate of drug-likeness (QED) is 0.892. The molecule has 0 unspecified atom stereocenters. The van der Waals surface area contributed by atoms with E-state index in [1.165, 1.54) is 12.0 Å². The van der Waals surface area contributed by atoms with Gasteiger partial charge in [0.25, 0.3) is 0 Å². The summed E-state index contributed by atoms with van der Waals surface area (Å²) in [4.78, 5) is 17.5. The molecule has 1 aromatic carbocycles. The van der Waals surface area contributed by atoms with E-state index in [1.807, 2.05) is 0 Å². The first-order valence-corrected chi connectivity index (χ1v) is 10.1. The monoisotopic (exact) mass is 343 g/mol. The molecule has 1 N–H and O–H groups in total. The number of nitrogens with one attached hydrogen (secondary N) is 1. The predicted octanol–water partition coefficient (Wildman–Crippen LogP) is 2.54. The molecule has 4 heteroatoms. The van der Waals surface area contributed by atoms with Crippen LogP contribution in [0.2, 0.25) is 0 Å². The number of carbonyl (C=O) groups is 1. The fourth-order valence-electron chi connectivity index (χ4n) is 4.09. The van der Waals surface area contributed by atoms with Crippen molar-refractivity contribution in [2.75, 3.05) is 45.8 Å². The molecule has 2 aliphatic rings. The highest BCUT2D eigenvalue weighted by Crippen LogP contribution is 2.18. The molecule has 1 aromatic rings. The van der Waals surface area contributed by atoms with E-state index < -0.39 is 0 Å². The highest BCUT2D eigenvalue weighted by atomic mass is 16.2. The SMILES string of the molecule is O=C([C@H]1CCCNCC1)N1CCCN(CCCc2ccccc2)CC1. The molecule has 2 heterocycles. The number of carbonyl (C=O) groups excluding carboxylic acids is 1. The van der Waals surface area contributed by atoms with Gasteiger partial charge in [-0.2, -0.15) is 0 Å². The molecule has 1 atom stereocenters. The Morgan fingerprint density at radius 1 is 1.00 bits per heavy atom. The van der Waals surface area contributed by atoms with Crippen molar-refractivity contribution in [3.05, 3.63) is 35.9 Å². The summed E-state index contributed by atoms with van der Waals surface area (Å²) in [7, 11) is 0. The van der Waals surface area contributed by atoms with Crippen LogP contribution in [0.15, 0.2) is 30.3 Å². The van der Waals surface area contributed by atoms with Crippen LogP contribution in [0.1, 0.15) is 37.7 Å². The van der Waals surface area contributed by atoms with Crippen molar-refractivity contribution in [2.45, 2.75) is 38.5 Å². The molecule has 2 fully saturated rings. The molecule has 2 aliphatic heterocycles. The first-order chi connectivity index (χ1) is 12.3. The van der Waals surface area contributed by atoms with Crippen molar-refractivity contribution in [1.29, 1.82) is 0 Å². The molecule has 0 aliphatic carbocycles. The van der Waals surface area contributed by atoms with Crippen LogP contribution in [0.4, 0.5) is 0 Å². The molecule has 4 nitrogen and oxygen atoms in total. The van der Waals surface area contributed by atoms with Gasteiger partial charge in [0.1, 0.15) is 0 Å². The molecular formula is C21H33N3O. The summed E-state index contributed by atoms with van der Waals surface area (Å²) < 4.78 is 0. The first-order valence-electron chi connectivity index (χ1n) is 10.1. The van der Waals surface area contributed by atoms with Crippen LogP contribution in [0.25, 0.3) is 0 Å². The zero-order valence-corrected chi connectivity index (χ0v) is 15.5. The summed E-state index contributed by atoms with van der Waals surface area (Å²) >= 11 is 0. The minimum Gasteiger partial charge on any atom is -0.341 e. The second kappa shape index (κ2) is 9.93. The summed E-state index contributed by atoms with van der Waals surface area (Å²) in [5.41, 5.74) is 1.43. The fourth-order valence-corrected chi connectivity index (χ4v) is 4.09. The third kappa shape index (κ3) is 5.82. The Morgan fingerprint density at radius 3 is 2.76 bits per heavy atom. The molecular weight excluding hydrogens is 310 g/mol. The Morgan fingerprint density at radius 2 is 1.88 bits per heavy atom. The number of rotatable bonds is 5. The van der Waals surface area contributed by atoms with E-state index in [0.717, 1.165) is 77.9 Å². The van der Waals surface area contributed by atoms with Crippen LogP contribution in [0.5, 0.6) is 0 Å². The average Bonchev–Trinajstić information content (AvgIpc) is 3.05. The molecule has 1 amide bonds. The number of aryl methyl sites for hydroxylation is 1. The largest absolute Gasteiger partial charge is 0.341 e. The van der Waals surface area contributed by atoms with Crippen molar-refractivity contribution in [2.24, 2.45) is 5.92 Å². The molecule has 0 saturated carbocycles. The summed E-state index contributed by atoms with van der Waals surface area (Å²) in [6.07, 6.45) is 6.67. The summed E-state index contributed by atoms with van der Waals surface area (Å²) in [5.74, 6) is 0.662. The number of hydrogen-bond acceptors (Lipinski definition) is 3. The second-order valence-corrected chi connectivity index (χ2v) is 7.49. The van der Waals surface area contributed by atoms with Gasteiger partial charge in [-0.05, 0) is 70.3 Å². The number of hydrogen-bond donors (Lipinski definition) is 1. The summed E-state index contributed by atoms with van der Waals surface area (Å²) in [6.45, 7) is 7.22. The first kappa shape index (κ1) is 18.4. The smallest absolute Gasteiger partial charge is 0.225 e. The number of benzene rings is 1. The van der Waals surface area contributed by atoms with Crippen molar-refractivity contribution >= 4 is 5.91 Å². The van der Waals surface area contributed by atoms with E-state index in [0.29, 0.717) is 5.91 Å².